The topological polar surface area (TPSA) is 0 Å². The second kappa shape index (κ2) is 12.8. The molecule has 22 valence electrons. The molecule has 0 saturated carbocycles. The smallest absolute Gasteiger partial charge is 0 e. The van der Waals surface area contributed by atoms with E-state index in [2.05, 4.69) is 13.8 Å². The van der Waals surface area contributed by atoms with E-state index in [0.29, 0.717) is 0 Å². The van der Waals surface area contributed by atoms with Crippen molar-refractivity contribution in [1.29, 1.82) is 0 Å². The minimum absolute atomic E-state index is 0. The van der Waals surface area contributed by atoms with E-state index in [0.717, 1.165) is 0 Å². The van der Waals surface area contributed by atoms with Crippen LogP contribution in [0.5, 0.6) is 0 Å². The van der Waals surface area contributed by atoms with Crippen LogP contribution >= 0.6 is 0 Å². The van der Waals surface area contributed by atoms with Crippen LogP contribution in [0.15, 0.2) is 0 Å². The fourth-order valence-corrected chi connectivity index (χ4v) is 0. The fourth-order valence-electron chi connectivity index (χ4n) is 0. The van der Waals surface area contributed by atoms with Gasteiger partial charge in [-0.2, -0.15) is 0 Å². The van der Waals surface area contributed by atoms with Crippen molar-refractivity contribution in [2.75, 3.05) is 0 Å². The molecule has 0 aliphatic carbocycles. The maximum absolute atomic E-state index is 2.12. The van der Waals surface area contributed by atoms with Crippen molar-refractivity contribution in [2.45, 2.75) is 20.3 Å². The van der Waals surface area contributed by atoms with Crippen LogP contribution in [-0.2, 0) is 0 Å². The summed E-state index contributed by atoms with van der Waals surface area (Å²) in [6.45, 7) is 4.25. The summed E-state index contributed by atoms with van der Waals surface area (Å²) in [5.74, 6) is 0. The zero-order valence-corrected chi connectivity index (χ0v) is 3.41. The van der Waals surface area contributed by atoms with Gasteiger partial charge in [0.1, 0.15) is 0 Å². The molecule has 1 heteroatoms. The van der Waals surface area contributed by atoms with Crippen molar-refractivity contribution in [3.05, 3.63) is 0 Å². The van der Waals surface area contributed by atoms with Gasteiger partial charge in [-0.25, -0.2) is 0 Å². The maximum atomic E-state index is 2.12. The predicted octanol–water partition coefficient (Wildman–Crippen LogP) is 1.42. The van der Waals surface area contributed by atoms with Gasteiger partial charge in [-0.15, -0.1) is 0 Å². The van der Waals surface area contributed by atoms with Crippen molar-refractivity contribution in [3.8, 4) is 0 Å². The van der Waals surface area contributed by atoms with Gasteiger partial charge in [0.25, 0.3) is 0 Å². The quantitative estimate of drug-likeness (QED) is 0.388. The summed E-state index contributed by atoms with van der Waals surface area (Å²) in [5.41, 5.74) is 0. The molecule has 0 heterocycles. The second-order valence-corrected chi connectivity index (χ2v) is 0.707. The van der Waals surface area contributed by atoms with Crippen LogP contribution < -0.4 is 0 Å². The summed E-state index contributed by atoms with van der Waals surface area (Å²) in [6, 6.07) is 0. The van der Waals surface area contributed by atoms with Crippen molar-refractivity contribution < 1.29 is 6.15 Å². The van der Waals surface area contributed by atoms with Gasteiger partial charge in [0.2, 0.25) is 0 Å². The van der Waals surface area contributed by atoms with Gasteiger partial charge in [-0.3, -0.25) is 0 Å². The first-order valence-corrected chi connectivity index (χ1v) is 1.41. The molecule has 0 aliphatic heterocycles. The third kappa shape index (κ3) is 191. The van der Waals surface area contributed by atoms with Gasteiger partial charge < -0.3 is 0 Å². The van der Waals surface area contributed by atoms with E-state index in [1.165, 1.54) is 6.42 Å². The first-order valence-electron chi connectivity index (χ1n) is 1.41. The molecule has 0 rings (SSSR count). The van der Waals surface area contributed by atoms with Crippen LogP contribution in [0.1, 0.15) is 20.3 Å². The van der Waals surface area contributed by atoms with E-state index in [1.54, 1.807) is 0 Å². The van der Waals surface area contributed by atoms with E-state index >= 15 is 0 Å². The van der Waals surface area contributed by atoms with Crippen LogP contribution in [0.25, 0.3) is 0 Å². The van der Waals surface area contributed by atoms with Gasteiger partial charge >= 0.3 is 0 Å². The normalized spacial score (nSPS) is 4.50. The Bertz CT molecular complexity index is 3.25. The van der Waals surface area contributed by atoms with Gasteiger partial charge in [0, 0.05) is 6.15 Å². The van der Waals surface area contributed by atoms with Crippen molar-refractivity contribution in [2.24, 2.45) is 0 Å². The van der Waals surface area contributed by atoms with E-state index in [-0.39, 0.29) is 6.15 Å². The van der Waals surface area contributed by atoms with E-state index in [4.69, 9.17) is 0 Å². The fraction of sp³-hybridized carbons (Fsp3) is 1.00. The first-order chi connectivity index (χ1) is 1.41. The van der Waals surface area contributed by atoms with E-state index in [1.807, 2.05) is 0 Å². The minimum atomic E-state index is 0. The van der Waals surface area contributed by atoms with E-state index in [9.17, 15) is 0 Å². The monoisotopic (exact) mass is 48.1 g/mol. The average molecular weight is 48.1 g/mol. The van der Waals surface area contributed by atoms with Gasteiger partial charge in [-0.05, 0) is 0 Å². The third-order valence-electron chi connectivity index (χ3n) is 0. The zero-order valence-electron chi connectivity index (χ0n) is 3.41. The summed E-state index contributed by atoms with van der Waals surface area (Å²) in [4.78, 5) is 0. The van der Waals surface area contributed by atoms with Gasteiger partial charge in [0.15, 0.2) is 0 Å². The Kier molecular flexibility index (Phi) is 29.1. The molecule has 4 heavy (non-hydrogen) atoms. The summed E-state index contributed by atoms with van der Waals surface area (Å²) < 4.78 is 0. The molecule has 0 radical (unpaired) electrons. The SMILES string of the molecule is CCC.[He]. The molecule has 0 nitrogen and oxygen atoms in total. The Morgan fingerprint density at radius 3 is 1.25 bits per heavy atom. The Morgan fingerprint density at radius 2 is 1.25 bits per heavy atom. The largest absolute Gasteiger partial charge is 0.0656 e. The van der Waals surface area contributed by atoms with Crippen molar-refractivity contribution >= 4 is 0 Å². The predicted molar refractivity (Wildman–Crippen MR) is 16.0 cm³/mol. The van der Waals surface area contributed by atoms with Crippen LogP contribution in [0, 0.1) is 6.15 Å². The second-order valence-electron chi connectivity index (χ2n) is 0.707. The Hall–Kier alpha value is -0.0909. The minimum Gasteiger partial charge on any atom is -0.0656 e. The van der Waals surface area contributed by atoms with E-state index < -0.39 is 0 Å². The van der Waals surface area contributed by atoms with Crippen LogP contribution in [0.3, 0.4) is 0 Å². The summed E-state index contributed by atoms with van der Waals surface area (Å²) in [5, 5.41) is 0. The van der Waals surface area contributed by atoms with Crippen molar-refractivity contribution in [1.82, 2.24) is 0 Å². The Morgan fingerprint density at radius 1 is 1.25 bits per heavy atom. The zero-order chi connectivity index (χ0) is 2.71. The molecule has 0 amide bonds. The first kappa shape index (κ1) is 9.08. The molecule has 0 atom stereocenters. The molecule has 0 bridgehead atoms. The standard InChI is InChI=1S/C3H8.He/c1-3-2;/h3H2,1-2H3;. The van der Waals surface area contributed by atoms with Gasteiger partial charge in [-0.1, -0.05) is 20.3 Å². The third-order valence-corrected chi connectivity index (χ3v) is 0. The Balaban J connectivity index is 0. The molecule has 0 N–H and O–H groups in total. The molecule has 0 saturated heterocycles. The van der Waals surface area contributed by atoms with Crippen molar-refractivity contribution in [3.63, 3.8) is 0 Å². The number of hydrogen-bond acceptors (Lipinski definition) is 0. The summed E-state index contributed by atoms with van der Waals surface area (Å²) >= 11 is 0. The molecular weight excluding hydrogens is 40.0 g/mol. The molecule has 0 aliphatic rings. The summed E-state index contributed by atoms with van der Waals surface area (Å²) in [7, 11) is 0. The van der Waals surface area contributed by atoms with Crippen LogP contribution in [0.2, 0.25) is 0 Å². The maximum Gasteiger partial charge on any atom is 0 e. The molecule has 0 aromatic heterocycles. The van der Waals surface area contributed by atoms with Crippen LogP contribution in [0.4, 0.5) is 0 Å². The molecule has 0 spiro atoms. The van der Waals surface area contributed by atoms with Gasteiger partial charge in [0.05, 0.1) is 0 Å². The number of hydrogen-bond donors (Lipinski definition) is 0. The molecule has 0 unspecified atom stereocenters. The molecule has 0 aromatic rings. The van der Waals surface area contributed by atoms with Crippen LogP contribution in [-0.4, -0.2) is 0 Å². The molecular formula is C3H8He. The summed E-state index contributed by atoms with van der Waals surface area (Å²) in [6.07, 6.45) is 1.25. The molecule has 0 fully saturated rings. The Labute approximate surface area is 27.6 Å². The number of rotatable bonds is 0. The molecule has 0 aromatic carbocycles. The average Bonchev–Trinajstić information content (AvgIpc) is 0.918.